The maximum absolute atomic E-state index is 15.5. The SMILES string of the molecule is N#Cc1ccc(N2CCN(C3c4cc(F)c(COc5cccc6c5CN([C@H]5CCC(=O)NC5=O)C6=O)cc4CC3O)CC2)c(F)c1. The van der Waals surface area contributed by atoms with Crippen molar-refractivity contribution >= 4 is 23.4 Å². The number of anilines is 1. The van der Waals surface area contributed by atoms with E-state index >= 15 is 4.39 Å². The van der Waals surface area contributed by atoms with Crippen molar-refractivity contribution in [3.63, 3.8) is 0 Å². The lowest BCUT2D eigenvalue weighted by atomic mass is 10.0. The lowest BCUT2D eigenvalue weighted by Gasteiger charge is -2.40. The summed E-state index contributed by atoms with van der Waals surface area (Å²) >= 11 is 0. The highest BCUT2D eigenvalue weighted by atomic mass is 19.1. The molecule has 3 atom stereocenters. The van der Waals surface area contributed by atoms with Crippen molar-refractivity contribution in [3.05, 3.63) is 93.5 Å². The zero-order valence-electron chi connectivity index (χ0n) is 24.8. The van der Waals surface area contributed by atoms with Gasteiger partial charge in [-0.1, -0.05) is 6.07 Å². The number of nitrogens with zero attached hydrogens (tertiary/aromatic N) is 4. The highest BCUT2D eigenvalue weighted by Gasteiger charge is 2.41. The van der Waals surface area contributed by atoms with Crippen LogP contribution in [0.4, 0.5) is 14.5 Å². The summed E-state index contributed by atoms with van der Waals surface area (Å²) in [6, 6.07) is 13.4. The van der Waals surface area contributed by atoms with Crippen LogP contribution in [0, 0.1) is 23.0 Å². The number of rotatable bonds is 6. The Balaban J connectivity index is 1.03. The summed E-state index contributed by atoms with van der Waals surface area (Å²) in [6.45, 7) is 2.16. The second-order valence-electron chi connectivity index (χ2n) is 12.1. The van der Waals surface area contributed by atoms with Crippen LogP contribution in [0.1, 0.15) is 57.1 Å². The van der Waals surface area contributed by atoms with Gasteiger partial charge in [0.2, 0.25) is 11.8 Å². The Morgan fingerprint density at radius 2 is 1.83 bits per heavy atom. The number of aliphatic hydroxyl groups excluding tert-OH is 1. The minimum Gasteiger partial charge on any atom is -0.488 e. The third-order valence-corrected chi connectivity index (χ3v) is 9.47. The molecule has 0 radical (unpaired) electrons. The van der Waals surface area contributed by atoms with Crippen molar-refractivity contribution in [2.24, 2.45) is 0 Å². The van der Waals surface area contributed by atoms with E-state index in [2.05, 4.69) is 10.2 Å². The van der Waals surface area contributed by atoms with Crippen molar-refractivity contribution < 1.29 is 33.0 Å². The molecule has 2 unspecified atom stereocenters. The van der Waals surface area contributed by atoms with Gasteiger partial charge in [0, 0.05) is 55.7 Å². The van der Waals surface area contributed by atoms with Crippen LogP contribution in [0.3, 0.4) is 0 Å². The van der Waals surface area contributed by atoms with E-state index in [1.54, 1.807) is 36.4 Å². The second kappa shape index (κ2) is 11.8. The normalized spacial score (nSPS) is 22.8. The molecule has 0 saturated carbocycles. The molecule has 2 fully saturated rings. The molecule has 0 bridgehead atoms. The molecule has 0 aromatic heterocycles. The first kappa shape index (κ1) is 29.8. The Morgan fingerprint density at radius 3 is 2.57 bits per heavy atom. The molecule has 2 saturated heterocycles. The van der Waals surface area contributed by atoms with Gasteiger partial charge in [-0.3, -0.25) is 24.6 Å². The molecule has 4 aliphatic rings. The van der Waals surface area contributed by atoms with Gasteiger partial charge in [-0.25, -0.2) is 8.78 Å². The molecule has 12 heteroatoms. The van der Waals surface area contributed by atoms with Crippen LogP contribution in [-0.2, 0) is 29.2 Å². The average molecular weight is 628 g/mol. The number of carbonyl (C=O) groups is 3. The molecular formula is C34H31F2N5O5. The quantitative estimate of drug-likeness (QED) is 0.400. The molecule has 3 aliphatic heterocycles. The highest BCUT2D eigenvalue weighted by Crippen LogP contribution is 2.39. The van der Waals surface area contributed by atoms with Crippen LogP contribution in [0.5, 0.6) is 5.75 Å². The molecule has 2 N–H and O–H groups in total. The van der Waals surface area contributed by atoms with E-state index in [-0.39, 0.29) is 43.4 Å². The number of imide groups is 1. The minimum absolute atomic E-state index is 0.0994. The molecule has 46 heavy (non-hydrogen) atoms. The van der Waals surface area contributed by atoms with Gasteiger partial charge < -0.3 is 19.6 Å². The number of aliphatic hydroxyl groups is 1. The van der Waals surface area contributed by atoms with E-state index in [1.165, 1.54) is 17.0 Å². The average Bonchev–Trinajstić information content (AvgIpc) is 3.55. The smallest absolute Gasteiger partial charge is 0.255 e. The summed E-state index contributed by atoms with van der Waals surface area (Å²) in [7, 11) is 0. The van der Waals surface area contributed by atoms with Crippen LogP contribution >= 0.6 is 0 Å². The fraction of sp³-hybridized carbons (Fsp3) is 0.353. The monoisotopic (exact) mass is 627 g/mol. The standard InChI is InChI=1S/C34H31F2N5O5/c35-25-15-23-20(14-29(42)32(23)40-10-8-39(9-11-40)27-5-4-19(16-37)12-26(27)36)13-21(25)18-46-30-3-1-2-22-24(30)17-41(34(22)45)28-6-7-31(43)38-33(28)44/h1-5,12-13,15,28-29,32,42H,6-11,14,17-18H2,(H,38,43,44)/t28-,29?,32?/m0/s1. The third-order valence-electron chi connectivity index (χ3n) is 9.47. The van der Waals surface area contributed by atoms with Gasteiger partial charge in [-0.2, -0.15) is 5.26 Å². The number of piperidine rings is 1. The van der Waals surface area contributed by atoms with Gasteiger partial charge in [-0.15, -0.1) is 0 Å². The first-order valence-electron chi connectivity index (χ1n) is 15.3. The number of carbonyl (C=O) groups excluding carboxylic acids is 3. The largest absolute Gasteiger partial charge is 0.488 e. The van der Waals surface area contributed by atoms with Crippen LogP contribution in [0.15, 0.2) is 48.5 Å². The van der Waals surface area contributed by atoms with E-state index in [1.807, 2.05) is 11.0 Å². The van der Waals surface area contributed by atoms with Gasteiger partial charge in [0.05, 0.1) is 36.0 Å². The number of nitrogens with one attached hydrogen (secondary N) is 1. The van der Waals surface area contributed by atoms with E-state index in [4.69, 9.17) is 10.00 Å². The van der Waals surface area contributed by atoms with Gasteiger partial charge in [-0.05, 0) is 60.0 Å². The molecule has 3 aromatic rings. The molecule has 1 aliphatic carbocycles. The van der Waals surface area contributed by atoms with Gasteiger partial charge in [0.1, 0.15) is 30.0 Å². The summed E-state index contributed by atoms with van der Waals surface area (Å²) in [5.41, 5.74) is 3.57. The van der Waals surface area contributed by atoms with E-state index in [0.717, 1.165) is 11.1 Å². The Bertz CT molecular complexity index is 1800. The molecule has 10 nitrogen and oxygen atoms in total. The fourth-order valence-electron chi connectivity index (χ4n) is 7.15. The van der Waals surface area contributed by atoms with E-state index in [9.17, 15) is 23.9 Å². The number of piperazine rings is 1. The van der Waals surface area contributed by atoms with Crippen molar-refractivity contribution in [1.82, 2.24) is 15.1 Å². The Labute approximate surface area is 263 Å². The summed E-state index contributed by atoms with van der Waals surface area (Å²) in [5, 5.41) is 22.4. The number of fused-ring (bicyclic) bond motifs is 2. The van der Waals surface area contributed by atoms with Crippen LogP contribution in [-0.4, -0.2) is 71.0 Å². The van der Waals surface area contributed by atoms with Crippen molar-refractivity contribution in [2.45, 2.75) is 50.6 Å². The maximum atomic E-state index is 15.5. The summed E-state index contributed by atoms with van der Waals surface area (Å²) in [6.07, 6.45) is 0.0277. The first-order valence-corrected chi connectivity index (χ1v) is 15.3. The predicted octanol–water partition coefficient (Wildman–Crippen LogP) is 2.96. The topological polar surface area (TPSA) is 126 Å². The summed E-state index contributed by atoms with van der Waals surface area (Å²) in [4.78, 5) is 42.6. The number of ether oxygens (including phenoxy) is 1. The third kappa shape index (κ3) is 5.25. The zero-order chi connectivity index (χ0) is 32.1. The Kier molecular flexibility index (Phi) is 7.66. The van der Waals surface area contributed by atoms with Crippen molar-refractivity contribution in [2.75, 3.05) is 31.1 Å². The number of benzene rings is 3. The summed E-state index contributed by atoms with van der Waals surface area (Å²) < 4.78 is 36.2. The van der Waals surface area contributed by atoms with Crippen LogP contribution in [0.2, 0.25) is 0 Å². The highest BCUT2D eigenvalue weighted by molar-refractivity contribution is 6.05. The Hall–Kier alpha value is -4.86. The molecule has 0 spiro atoms. The number of nitriles is 1. The summed E-state index contributed by atoms with van der Waals surface area (Å²) in [5.74, 6) is -1.68. The van der Waals surface area contributed by atoms with Gasteiger partial charge in [0.25, 0.3) is 5.91 Å². The minimum atomic E-state index is -0.751. The van der Waals surface area contributed by atoms with E-state index in [0.29, 0.717) is 60.7 Å². The first-order chi connectivity index (χ1) is 22.2. The molecular weight excluding hydrogens is 596 g/mol. The number of hydrogen-bond donors (Lipinski definition) is 2. The van der Waals surface area contributed by atoms with Crippen molar-refractivity contribution in [1.29, 1.82) is 5.26 Å². The fourth-order valence-corrected chi connectivity index (χ4v) is 7.15. The lowest BCUT2D eigenvalue weighted by Crippen LogP contribution is -2.52. The molecule has 236 valence electrons. The zero-order valence-corrected chi connectivity index (χ0v) is 24.8. The van der Waals surface area contributed by atoms with E-state index < -0.39 is 35.7 Å². The molecule has 3 heterocycles. The van der Waals surface area contributed by atoms with Crippen molar-refractivity contribution in [3.8, 4) is 11.8 Å². The Morgan fingerprint density at radius 1 is 1.02 bits per heavy atom. The number of hydrogen-bond acceptors (Lipinski definition) is 8. The maximum Gasteiger partial charge on any atom is 0.255 e. The molecule has 7 rings (SSSR count). The number of halogens is 2. The number of amides is 3. The van der Waals surface area contributed by atoms with Gasteiger partial charge in [0.15, 0.2) is 0 Å². The van der Waals surface area contributed by atoms with Gasteiger partial charge >= 0.3 is 0 Å². The second-order valence-corrected chi connectivity index (χ2v) is 12.1. The molecule has 3 amide bonds. The van der Waals surface area contributed by atoms with Crippen LogP contribution < -0.4 is 15.0 Å². The van der Waals surface area contributed by atoms with Crippen LogP contribution in [0.25, 0.3) is 0 Å². The lowest BCUT2D eigenvalue weighted by molar-refractivity contribution is -0.136. The predicted molar refractivity (Wildman–Crippen MR) is 161 cm³/mol. The molecule has 3 aromatic carbocycles.